The lowest BCUT2D eigenvalue weighted by Gasteiger charge is -2.11. The highest BCUT2D eigenvalue weighted by Crippen LogP contribution is 2.24. The van der Waals surface area contributed by atoms with Crippen molar-refractivity contribution in [3.8, 4) is 0 Å². The number of nitrogens with one attached hydrogen (secondary N) is 1. The average Bonchev–Trinajstić information content (AvgIpc) is 3.15. The largest absolute Gasteiger partial charge is 0.380 e. The standard InChI is InChI=1S/C27H29N3O4S2/c1-5-34-15-14-30-24-16-19(3)20(4)17-25(24)35-27(30)28-26(31)22-8-6-7-9-23(22)29-36(32,33)21-12-10-18(2)11-13-21/h6-13,16-17,29H,5,14-15H2,1-4H3. The van der Waals surface area contributed by atoms with E-state index in [-0.39, 0.29) is 16.1 Å². The quantitative estimate of drug-likeness (QED) is 0.321. The molecule has 0 unspecified atom stereocenters. The van der Waals surface area contributed by atoms with Crippen molar-refractivity contribution in [2.24, 2.45) is 4.99 Å². The molecular weight excluding hydrogens is 494 g/mol. The van der Waals surface area contributed by atoms with Crippen LogP contribution in [0.5, 0.6) is 0 Å². The molecule has 3 aromatic carbocycles. The van der Waals surface area contributed by atoms with Gasteiger partial charge in [0, 0.05) is 13.2 Å². The van der Waals surface area contributed by atoms with E-state index < -0.39 is 15.9 Å². The summed E-state index contributed by atoms with van der Waals surface area (Å²) in [6.07, 6.45) is 0. The van der Waals surface area contributed by atoms with Gasteiger partial charge in [0.15, 0.2) is 4.80 Å². The highest BCUT2D eigenvalue weighted by atomic mass is 32.2. The molecule has 1 N–H and O–H groups in total. The summed E-state index contributed by atoms with van der Waals surface area (Å²) in [4.78, 5) is 18.4. The number of aromatic nitrogens is 1. The van der Waals surface area contributed by atoms with Crippen molar-refractivity contribution in [2.45, 2.75) is 39.1 Å². The number of anilines is 1. The lowest BCUT2D eigenvalue weighted by Crippen LogP contribution is -2.20. The first kappa shape index (κ1) is 25.8. The molecule has 1 aromatic heterocycles. The Balaban J connectivity index is 1.75. The van der Waals surface area contributed by atoms with E-state index in [4.69, 9.17) is 4.74 Å². The Bertz CT molecular complexity index is 1580. The van der Waals surface area contributed by atoms with E-state index >= 15 is 0 Å². The van der Waals surface area contributed by atoms with Gasteiger partial charge in [-0.3, -0.25) is 9.52 Å². The molecule has 0 radical (unpaired) electrons. The van der Waals surface area contributed by atoms with Crippen LogP contribution in [0.15, 0.2) is 70.6 Å². The average molecular weight is 524 g/mol. The smallest absolute Gasteiger partial charge is 0.281 e. The summed E-state index contributed by atoms with van der Waals surface area (Å²) < 4.78 is 37.0. The molecule has 0 bridgehead atoms. The van der Waals surface area contributed by atoms with Crippen molar-refractivity contribution >= 4 is 43.2 Å². The number of amides is 1. The first-order valence-electron chi connectivity index (χ1n) is 11.7. The Labute approximate surface area is 215 Å². The van der Waals surface area contributed by atoms with Gasteiger partial charge >= 0.3 is 0 Å². The van der Waals surface area contributed by atoms with E-state index in [1.807, 2.05) is 18.4 Å². The predicted octanol–water partition coefficient (Wildman–Crippen LogP) is 5.21. The van der Waals surface area contributed by atoms with Gasteiger partial charge < -0.3 is 9.30 Å². The Morgan fingerprint density at radius 3 is 2.44 bits per heavy atom. The van der Waals surface area contributed by atoms with Gasteiger partial charge in [0.2, 0.25) is 0 Å². The number of carbonyl (C=O) groups excluding carboxylic acids is 1. The normalized spacial score (nSPS) is 12.3. The van der Waals surface area contributed by atoms with Crippen LogP contribution in [0, 0.1) is 20.8 Å². The Morgan fingerprint density at radius 1 is 1.03 bits per heavy atom. The predicted molar refractivity (Wildman–Crippen MR) is 144 cm³/mol. The summed E-state index contributed by atoms with van der Waals surface area (Å²) >= 11 is 1.43. The maximum atomic E-state index is 13.4. The molecule has 0 spiro atoms. The van der Waals surface area contributed by atoms with Crippen LogP contribution in [0.3, 0.4) is 0 Å². The molecule has 0 saturated carbocycles. The fraction of sp³-hybridized carbons (Fsp3) is 0.259. The Morgan fingerprint density at radius 2 is 1.72 bits per heavy atom. The van der Waals surface area contributed by atoms with Crippen molar-refractivity contribution in [1.29, 1.82) is 0 Å². The topological polar surface area (TPSA) is 89.8 Å². The summed E-state index contributed by atoms with van der Waals surface area (Å²) in [5.74, 6) is -0.526. The maximum absolute atomic E-state index is 13.4. The maximum Gasteiger partial charge on any atom is 0.281 e. The first-order chi connectivity index (χ1) is 17.2. The third-order valence-electron chi connectivity index (χ3n) is 5.89. The van der Waals surface area contributed by atoms with Gasteiger partial charge in [-0.25, -0.2) is 8.42 Å². The number of para-hydroxylation sites is 1. The molecular formula is C27H29N3O4S2. The fourth-order valence-corrected chi connectivity index (χ4v) is 5.96. The van der Waals surface area contributed by atoms with Crippen molar-refractivity contribution in [3.05, 3.63) is 87.7 Å². The lowest BCUT2D eigenvalue weighted by molar-refractivity contribution is 0.0997. The molecule has 1 amide bonds. The number of ether oxygens (including phenoxy) is 1. The van der Waals surface area contributed by atoms with Crippen LogP contribution in [0.1, 0.15) is 34.0 Å². The third-order valence-corrected chi connectivity index (χ3v) is 8.31. The molecule has 9 heteroatoms. The summed E-state index contributed by atoms with van der Waals surface area (Å²) in [5.41, 5.74) is 4.61. The molecule has 0 aliphatic heterocycles. The first-order valence-corrected chi connectivity index (χ1v) is 14.0. The van der Waals surface area contributed by atoms with E-state index in [0.29, 0.717) is 24.6 Å². The molecule has 188 valence electrons. The number of hydrogen-bond donors (Lipinski definition) is 1. The summed E-state index contributed by atoms with van der Waals surface area (Å²) in [7, 11) is -3.88. The molecule has 0 aliphatic rings. The fourth-order valence-electron chi connectivity index (χ4n) is 3.75. The van der Waals surface area contributed by atoms with Crippen LogP contribution in [-0.2, 0) is 21.3 Å². The molecule has 0 atom stereocenters. The van der Waals surface area contributed by atoms with Crippen LogP contribution < -0.4 is 9.52 Å². The Kier molecular flexibility index (Phi) is 7.73. The minimum Gasteiger partial charge on any atom is -0.380 e. The third kappa shape index (κ3) is 5.59. The van der Waals surface area contributed by atoms with E-state index in [1.54, 1.807) is 36.4 Å². The molecule has 4 rings (SSSR count). The summed E-state index contributed by atoms with van der Waals surface area (Å²) in [6.45, 7) is 9.56. The molecule has 0 aliphatic carbocycles. The van der Waals surface area contributed by atoms with Gasteiger partial charge in [0.05, 0.1) is 33.0 Å². The number of carbonyl (C=O) groups is 1. The monoisotopic (exact) mass is 523 g/mol. The number of benzene rings is 3. The number of aryl methyl sites for hydroxylation is 3. The molecule has 0 fully saturated rings. The second-order valence-electron chi connectivity index (χ2n) is 8.52. The second-order valence-corrected chi connectivity index (χ2v) is 11.2. The lowest BCUT2D eigenvalue weighted by atomic mass is 10.1. The van der Waals surface area contributed by atoms with E-state index in [9.17, 15) is 13.2 Å². The van der Waals surface area contributed by atoms with Crippen LogP contribution in [0.2, 0.25) is 0 Å². The van der Waals surface area contributed by atoms with Crippen LogP contribution in [0.25, 0.3) is 10.2 Å². The zero-order chi connectivity index (χ0) is 25.9. The van der Waals surface area contributed by atoms with Crippen molar-refractivity contribution in [2.75, 3.05) is 17.9 Å². The molecule has 7 nitrogen and oxygen atoms in total. The van der Waals surface area contributed by atoms with Gasteiger partial charge in [-0.15, -0.1) is 0 Å². The SMILES string of the molecule is CCOCCn1c(=NC(=O)c2ccccc2NS(=O)(=O)c2ccc(C)cc2)sc2cc(C)c(C)cc21. The van der Waals surface area contributed by atoms with Crippen LogP contribution in [0.4, 0.5) is 5.69 Å². The number of nitrogens with zero attached hydrogens (tertiary/aromatic N) is 2. The van der Waals surface area contributed by atoms with E-state index in [1.165, 1.54) is 23.5 Å². The molecule has 0 saturated heterocycles. The highest BCUT2D eigenvalue weighted by molar-refractivity contribution is 7.92. The van der Waals surface area contributed by atoms with Crippen molar-refractivity contribution < 1.29 is 17.9 Å². The van der Waals surface area contributed by atoms with Crippen molar-refractivity contribution in [1.82, 2.24) is 4.57 Å². The molecule has 1 heterocycles. The number of sulfonamides is 1. The van der Waals surface area contributed by atoms with Crippen LogP contribution >= 0.6 is 11.3 Å². The Hall–Kier alpha value is -3.27. The summed E-state index contributed by atoms with van der Waals surface area (Å²) in [5, 5.41) is 0. The summed E-state index contributed by atoms with van der Waals surface area (Å²) in [6, 6.07) is 17.2. The van der Waals surface area contributed by atoms with Crippen LogP contribution in [-0.4, -0.2) is 32.1 Å². The highest BCUT2D eigenvalue weighted by Gasteiger charge is 2.19. The molecule has 4 aromatic rings. The van der Waals surface area contributed by atoms with E-state index in [0.717, 1.165) is 26.9 Å². The zero-order valence-electron chi connectivity index (χ0n) is 20.7. The van der Waals surface area contributed by atoms with Gasteiger partial charge in [0.1, 0.15) is 0 Å². The van der Waals surface area contributed by atoms with E-state index in [2.05, 4.69) is 35.7 Å². The number of hydrogen-bond acceptors (Lipinski definition) is 5. The van der Waals surface area contributed by atoms with Gasteiger partial charge in [0.25, 0.3) is 15.9 Å². The molecule has 36 heavy (non-hydrogen) atoms. The van der Waals surface area contributed by atoms with Gasteiger partial charge in [-0.1, -0.05) is 41.2 Å². The minimum atomic E-state index is -3.88. The minimum absolute atomic E-state index is 0.122. The zero-order valence-corrected chi connectivity index (χ0v) is 22.4. The second kappa shape index (κ2) is 10.8. The van der Waals surface area contributed by atoms with Crippen molar-refractivity contribution in [3.63, 3.8) is 0 Å². The number of thiazole rings is 1. The number of fused-ring (bicyclic) bond motifs is 1. The van der Waals surface area contributed by atoms with Gasteiger partial charge in [-0.2, -0.15) is 4.99 Å². The number of rotatable bonds is 8. The van der Waals surface area contributed by atoms with Gasteiger partial charge in [-0.05, 0) is 75.2 Å².